The molecule has 0 spiro atoms. The fourth-order valence-corrected chi connectivity index (χ4v) is 3.21. The van der Waals surface area contributed by atoms with Crippen LogP contribution in [0.25, 0.3) is 0 Å². The van der Waals surface area contributed by atoms with Crippen LogP contribution in [0.1, 0.15) is 5.01 Å². The van der Waals surface area contributed by atoms with Crippen LogP contribution in [0.2, 0.25) is 0 Å². The van der Waals surface area contributed by atoms with E-state index >= 15 is 0 Å². The number of nitrogens with zero attached hydrogens (tertiary/aromatic N) is 2. The summed E-state index contributed by atoms with van der Waals surface area (Å²) in [6.45, 7) is 1.74. The maximum absolute atomic E-state index is 12.1. The molecule has 3 N–H and O–H groups in total. The zero-order chi connectivity index (χ0) is 14.0. The predicted molar refractivity (Wildman–Crippen MR) is 72.9 cm³/mol. The van der Waals surface area contributed by atoms with E-state index in [1.165, 1.54) is 25.3 Å². The molecule has 102 valence electrons. The van der Waals surface area contributed by atoms with Gasteiger partial charge in [0.25, 0.3) is 10.0 Å². The smallest absolute Gasteiger partial charge is 0.263 e. The summed E-state index contributed by atoms with van der Waals surface area (Å²) < 4.78 is 31.6. The highest BCUT2D eigenvalue weighted by Gasteiger charge is 2.18. The van der Waals surface area contributed by atoms with E-state index in [9.17, 15) is 8.42 Å². The molecule has 1 aromatic carbocycles. The number of nitrogen functional groups attached to an aromatic ring is 1. The Morgan fingerprint density at radius 2 is 2.11 bits per heavy atom. The quantitative estimate of drug-likeness (QED) is 0.823. The first-order valence-electron chi connectivity index (χ1n) is 5.19. The Morgan fingerprint density at radius 1 is 1.37 bits per heavy atom. The Hall–Kier alpha value is -1.87. The molecule has 0 aliphatic carbocycles. The average molecular weight is 300 g/mol. The van der Waals surface area contributed by atoms with Gasteiger partial charge in [-0.05, 0) is 19.1 Å². The number of nitrogens with one attached hydrogen (secondary N) is 1. The molecule has 0 fully saturated rings. The third kappa shape index (κ3) is 2.93. The number of hydrogen-bond donors (Lipinski definition) is 2. The number of sulfonamides is 1. The molecule has 19 heavy (non-hydrogen) atoms. The van der Waals surface area contributed by atoms with Crippen LogP contribution in [0.5, 0.6) is 5.75 Å². The predicted octanol–water partition coefficient (Wildman–Crippen LogP) is 1.24. The molecule has 1 heterocycles. The van der Waals surface area contributed by atoms with Crippen molar-refractivity contribution < 1.29 is 13.2 Å². The van der Waals surface area contributed by atoms with Crippen LogP contribution in [0, 0.1) is 6.92 Å². The Kier molecular flexibility index (Phi) is 3.58. The monoisotopic (exact) mass is 300 g/mol. The molecule has 9 heteroatoms. The summed E-state index contributed by atoms with van der Waals surface area (Å²) >= 11 is 1.15. The van der Waals surface area contributed by atoms with Crippen molar-refractivity contribution in [2.75, 3.05) is 17.6 Å². The number of ether oxygens (including phenoxy) is 1. The molecule has 0 saturated carbocycles. The number of methoxy groups -OCH3 is 1. The Labute approximate surface area is 114 Å². The molecule has 0 atom stereocenters. The number of rotatable bonds is 4. The second-order valence-corrected chi connectivity index (χ2v) is 6.50. The fourth-order valence-electron chi connectivity index (χ4n) is 1.37. The molecule has 0 amide bonds. The SMILES string of the molecule is COc1cc(S(=O)(=O)Nc2nnc(C)s2)ccc1N. The summed E-state index contributed by atoms with van der Waals surface area (Å²) in [5, 5.41) is 8.34. The summed E-state index contributed by atoms with van der Waals surface area (Å²) in [4.78, 5) is 0.0476. The molecule has 0 saturated heterocycles. The minimum Gasteiger partial charge on any atom is -0.495 e. The molecular formula is C10H12N4O3S2. The van der Waals surface area contributed by atoms with Crippen LogP contribution in [-0.4, -0.2) is 25.7 Å². The van der Waals surface area contributed by atoms with Crippen molar-refractivity contribution in [2.24, 2.45) is 0 Å². The maximum atomic E-state index is 12.1. The minimum absolute atomic E-state index is 0.0476. The average Bonchev–Trinajstić information content (AvgIpc) is 2.74. The van der Waals surface area contributed by atoms with Gasteiger partial charge >= 0.3 is 0 Å². The number of nitrogens with two attached hydrogens (primary N) is 1. The van der Waals surface area contributed by atoms with Gasteiger partial charge in [-0.1, -0.05) is 11.3 Å². The number of aryl methyl sites for hydroxylation is 1. The van der Waals surface area contributed by atoms with E-state index in [-0.39, 0.29) is 10.0 Å². The van der Waals surface area contributed by atoms with Gasteiger partial charge in [0.15, 0.2) is 0 Å². The Bertz CT molecular complexity index is 697. The first kappa shape index (κ1) is 13.6. The van der Waals surface area contributed by atoms with Gasteiger partial charge in [-0.3, -0.25) is 4.72 Å². The standard InChI is InChI=1S/C10H12N4O3S2/c1-6-12-13-10(18-6)14-19(15,16)7-3-4-8(11)9(5-7)17-2/h3-5H,11H2,1-2H3,(H,13,14). The first-order valence-corrected chi connectivity index (χ1v) is 7.49. The Morgan fingerprint density at radius 3 is 2.68 bits per heavy atom. The van der Waals surface area contributed by atoms with Crippen molar-refractivity contribution in [3.8, 4) is 5.75 Å². The lowest BCUT2D eigenvalue weighted by Gasteiger charge is -2.08. The van der Waals surface area contributed by atoms with E-state index in [1.54, 1.807) is 6.92 Å². The number of benzene rings is 1. The Balaban J connectivity index is 2.34. The largest absolute Gasteiger partial charge is 0.495 e. The van der Waals surface area contributed by atoms with E-state index in [0.717, 1.165) is 11.3 Å². The summed E-state index contributed by atoms with van der Waals surface area (Å²) in [7, 11) is -2.31. The normalized spacial score (nSPS) is 11.3. The molecule has 0 bridgehead atoms. The van der Waals surface area contributed by atoms with Gasteiger partial charge in [-0.2, -0.15) is 0 Å². The molecule has 2 rings (SSSR count). The van der Waals surface area contributed by atoms with E-state index in [1.807, 2.05) is 0 Å². The van der Waals surface area contributed by atoms with Crippen LogP contribution < -0.4 is 15.2 Å². The van der Waals surface area contributed by atoms with Crippen LogP contribution >= 0.6 is 11.3 Å². The van der Waals surface area contributed by atoms with Crippen molar-refractivity contribution in [1.82, 2.24) is 10.2 Å². The van der Waals surface area contributed by atoms with Gasteiger partial charge < -0.3 is 10.5 Å². The van der Waals surface area contributed by atoms with Crippen molar-refractivity contribution in [1.29, 1.82) is 0 Å². The molecular weight excluding hydrogens is 288 g/mol. The van der Waals surface area contributed by atoms with Crippen molar-refractivity contribution in [3.63, 3.8) is 0 Å². The zero-order valence-corrected chi connectivity index (χ0v) is 11.9. The van der Waals surface area contributed by atoms with Crippen molar-refractivity contribution in [2.45, 2.75) is 11.8 Å². The summed E-state index contributed by atoms with van der Waals surface area (Å²) in [5.74, 6) is 0.302. The first-order chi connectivity index (χ1) is 8.92. The van der Waals surface area contributed by atoms with Gasteiger partial charge in [-0.15, -0.1) is 10.2 Å². The molecule has 2 aromatic rings. The summed E-state index contributed by atoms with van der Waals surface area (Å²) in [6, 6.07) is 4.22. The van der Waals surface area contributed by atoms with E-state index in [4.69, 9.17) is 10.5 Å². The second-order valence-electron chi connectivity index (χ2n) is 3.64. The van der Waals surface area contributed by atoms with Crippen LogP contribution in [0.3, 0.4) is 0 Å². The molecule has 7 nitrogen and oxygen atoms in total. The van der Waals surface area contributed by atoms with Gasteiger partial charge in [0.1, 0.15) is 10.8 Å². The lowest BCUT2D eigenvalue weighted by atomic mass is 10.3. The van der Waals surface area contributed by atoms with Crippen LogP contribution in [-0.2, 0) is 10.0 Å². The van der Waals surface area contributed by atoms with Crippen molar-refractivity contribution in [3.05, 3.63) is 23.2 Å². The summed E-state index contributed by atoms with van der Waals surface area (Å²) in [6.07, 6.45) is 0. The van der Waals surface area contributed by atoms with Gasteiger partial charge in [0, 0.05) is 6.07 Å². The lowest BCUT2D eigenvalue weighted by Crippen LogP contribution is -2.13. The fraction of sp³-hybridized carbons (Fsp3) is 0.200. The molecule has 0 aliphatic rings. The third-order valence-electron chi connectivity index (χ3n) is 2.26. The highest BCUT2D eigenvalue weighted by molar-refractivity contribution is 7.93. The van der Waals surface area contributed by atoms with E-state index in [0.29, 0.717) is 16.4 Å². The van der Waals surface area contributed by atoms with Gasteiger partial charge in [0.05, 0.1) is 17.7 Å². The van der Waals surface area contributed by atoms with Crippen LogP contribution in [0.15, 0.2) is 23.1 Å². The number of aromatic nitrogens is 2. The number of anilines is 2. The highest BCUT2D eigenvalue weighted by atomic mass is 32.2. The van der Waals surface area contributed by atoms with E-state index in [2.05, 4.69) is 14.9 Å². The summed E-state index contributed by atoms with van der Waals surface area (Å²) in [5.41, 5.74) is 6.01. The van der Waals surface area contributed by atoms with Gasteiger partial charge in [-0.25, -0.2) is 8.42 Å². The lowest BCUT2D eigenvalue weighted by molar-refractivity contribution is 0.415. The maximum Gasteiger partial charge on any atom is 0.263 e. The molecule has 1 aromatic heterocycles. The van der Waals surface area contributed by atoms with Gasteiger partial charge in [0.2, 0.25) is 5.13 Å². The topological polar surface area (TPSA) is 107 Å². The minimum atomic E-state index is -3.73. The van der Waals surface area contributed by atoms with Crippen LogP contribution in [0.4, 0.5) is 10.8 Å². The zero-order valence-electron chi connectivity index (χ0n) is 10.2. The third-order valence-corrected chi connectivity index (χ3v) is 4.48. The molecule has 0 aliphatic heterocycles. The number of hydrogen-bond acceptors (Lipinski definition) is 7. The highest BCUT2D eigenvalue weighted by Crippen LogP contribution is 2.26. The van der Waals surface area contributed by atoms with Crippen molar-refractivity contribution >= 4 is 32.2 Å². The second kappa shape index (κ2) is 5.02. The van der Waals surface area contributed by atoms with E-state index < -0.39 is 10.0 Å². The molecule has 0 radical (unpaired) electrons. The molecule has 0 unspecified atom stereocenters.